The molecule has 0 atom stereocenters. The van der Waals surface area contributed by atoms with Gasteiger partial charge in [-0.15, -0.1) is 23.7 Å². The number of Topliss-reactive ketones (excluding diaryl/α,β-unsaturated/α-hetero) is 1. The standard InChI is InChI=1S/C39H35F2N5O4S.ClH/c1-3-49-34-13-15-46(28-8-6-27(40)7-9-28)39(48)37(34)32(47)21-25-5-11-33(29(41)20-25)50-35-12-14-42-31-22-36(51-38(31)35)30-10-4-26(23-43-30)24-45-18-16-44(2)17-19-45;/h4-15,20,22-23H,3,16-19,21,24H2,1-2H3;1H. The normalized spacial score (nSPS) is 13.5. The monoisotopic (exact) mass is 743 g/mol. The highest BCUT2D eigenvalue weighted by Gasteiger charge is 2.22. The lowest BCUT2D eigenvalue weighted by Gasteiger charge is -2.32. The molecule has 1 aliphatic heterocycles. The van der Waals surface area contributed by atoms with Crippen LogP contribution < -0.4 is 15.0 Å². The Morgan fingerprint density at radius 1 is 0.885 bits per heavy atom. The number of pyridine rings is 3. The molecule has 52 heavy (non-hydrogen) atoms. The average molecular weight is 744 g/mol. The van der Waals surface area contributed by atoms with E-state index in [1.54, 1.807) is 25.3 Å². The molecule has 0 spiro atoms. The molecule has 0 radical (unpaired) electrons. The van der Waals surface area contributed by atoms with Crippen molar-refractivity contribution in [3.63, 3.8) is 0 Å². The number of halogens is 3. The fourth-order valence-electron chi connectivity index (χ4n) is 6.04. The molecule has 13 heteroatoms. The zero-order valence-corrected chi connectivity index (χ0v) is 30.2. The Hall–Kier alpha value is -5.01. The Kier molecular flexibility index (Phi) is 11.4. The van der Waals surface area contributed by atoms with Gasteiger partial charge in [-0.25, -0.2) is 8.78 Å². The van der Waals surface area contributed by atoms with Crippen LogP contribution in [0.5, 0.6) is 17.2 Å². The lowest BCUT2D eigenvalue weighted by atomic mass is 10.0. The van der Waals surface area contributed by atoms with E-state index in [4.69, 9.17) is 14.5 Å². The van der Waals surface area contributed by atoms with E-state index < -0.39 is 23.0 Å². The first-order valence-electron chi connectivity index (χ1n) is 16.6. The van der Waals surface area contributed by atoms with Gasteiger partial charge >= 0.3 is 0 Å². The van der Waals surface area contributed by atoms with E-state index in [1.807, 2.05) is 18.3 Å². The van der Waals surface area contributed by atoms with E-state index in [0.29, 0.717) is 22.5 Å². The van der Waals surface area contributed by atoms with Crippen molar-refractivity contribution >= 4 is 39.7 Å². The zero-order chi connectivity index (χ0) is 35.5. The fraction of sp³-hybridized carbons (Fsp3) is 0.231. The summed E-state index contributed by atoms with van der Waals surface area (Å²) in [6, 6.07) is 18.9. The number of ketones is 1. The SMILES string of the molecule is CCOc1ccn(-c2ccc(F)cc2)c(=O)c1C(=O)Cc1ccc(Oc2ccnc3cc(-c4ccc(CN5CCN(C)CC5)cn4)sc23)c(F)c1.Cl. The summed E-state index contributed by atoms with van der Waals surface area (Å²) in [5.41, 5.74) is 2.64. The van der Waals surface area contributed by atoms with Crippen LogP contribution in [0.15, 0.2) is 96.2 Å². The van der Waals surface area contributed by atoms with Crippen LogP contribution >= 0.6 is 23.7 Å². The molecule has 0 saturated carbocycles. The first kappa shape index (κ1) is 36.8. The summed E-state index contributed by atoms with van der Waals surface area (Å²) >= 11 is 1.46. The van der Waals surface area contributed by atoms with Gasteiger partial charge in [0.2, 0.25) is 0 Å². The third kappa shape index (κ3) is 8.05. The minimum Gasteiger partial charge on any atom is -0.493 e. The molecule has 1 fully saturated rings. The van der Waals surface area contributed by atoms with Crippen LogP contribution in [0.3, 0.4) is 0 Å². The number of carbonyl (C=O) groups is 1. The lowest BCUT2D eigenvalue weighted by Crippen LogP contribution is -2.43. The van der Waals surface area contributed by atoms with E-state index in [2.05, 4.69) is 27.9 Å². The van der Waals surface area contributed by atoms with Crippen LogP contribution in [0.25, 0.3) is 26.5 Å². The smallest absolute Gasteiger partial charge is 0.269 e. The van der Waals surface area contributed by atoms with Crippen LogP contribution in [0.1, 0.15) is 28.4 Å². The van der Waals surface area contributed by atoms with Crippen molar-refractivity contribution in [2.75, 3.05) is 39.8 Å². The average Bonchev–Trinajstić information content (AvgIpc) is 3.57. The first-order valence-corrected chi connectivity index (χ1v) is 17.5. The van der Waals surface area contributed by atoms with Crippen LogP contribution in [0, 0.1) is 11.6 Å². The van der Waals surface area contributed by atoms with Crippen LogP contribution in [0.2, 0.25) is 0 Å². The molecule has 0 aliphatic carbocycles. The zero-order valence-electron chi connectivity index (χ0n) is 28.6. The Balaban J connectivity index is 0.00000464. The molecule has 4 aromatic heterocycles. The Labute approximate surface area is 309 Å². The second-order valence-corrected chi connectivity index (χ2v) is 13.4. The number of carbonyl (C=O) groups excluding carboxylic acids is 1. The number of benzene rings is 2. The largest absolute Gasteiger partial charge is 0.493 e. The number of hydrogen-bond donors (Lipinski definition) is 0. The number of ether oxygens (including phenoxy) is 2. The maximum atomic E-state index is 15.5. The van der Waals surface area contributed by atoms with E-state index in [1.165, 1.54) is 64.6 Å². The summed E-state index contributed by atoms with van der Waals surface area (Å²) in [7, 11) is 2.14. The summed E-state index contributed by atoms with van der Waals surface area (Å²) in [4.78, 5) is 41.9. The van der Waals surface area contributed by atoms with Gasteiger partial charge in [-0.3, -0.25) is 29.0 Å². The molecule has 2 aromatic carbocycles. The van der Waals surface area contributed by atoms with E-state index in [9.17, 15) is 14.0 Å². The van der Waals surface area contributed by atoms with E-state index in [-0.39, 0.29) is 42.5 Å². The van der Waals surface area contributed by atoms with E-state index >= 15 is 4.39 Å². The molecule has 0 N–H and O–H groups in total. The third-order valence-corrected chi connectivity index (χ3v) is 9.93. The van der Waals surface area contributed by atoms with Gasteiger partial charge in [0.1, 0.15) is 22.9 Å². The predicted molar refractivity (Wildman–Crippen MR) is 201 cm³/mol. The Morgan fingerprint density at radius 2 is 1.65 bits per heavy atom. The second kappa shape index (κ2) is 16.1. The van der Waals surface area contributed by atoms with Crippen molar-refractivity contribution in [2.24, 2.45) is 0 Å². The molecule has 0 bridgehead atoms. The molecule has 7 rings (SSSR count). The molecule has 1 aliphatic rings. The summed E-state index contributed by atoms with van der Waals surface area (Å²) in [6.07, 6.45) is 4.74. The van der Waals surface area contributed by atoms with Crippen molar-refractivity contribution in [1.29, 1.82) is 0 Å². The molecule has 0 unspecified atom stereocenters. The summed E-state index contributed by atoms with van der Waals surface area (Å²) in [5, 5.41) is 0. The number of likely N-dealkylation sites (N-methyl/N-ethyl adjacent to an activating group) is 1. The van der Waals surface area contributed by atoms with Crippen molar-refractivity contribution in [3.05, 3.63) is 130 Å². The number of fused-ring (bicyclic) bond motifs is 1. The predicted octanol–water partition coefficient (Wildman–Crippen LogP) is 7.57. The van der Waals surface area contributed by atoms with E-state index in [0.717, 1.165) is 53.6 Å². The minimum absolute atomic E-state index is 0. The highest BCUT2D eigenvalue weighted by atomic mass is 35.5. The van der Waals surface area contributed by atoms with Gasteiger partial charge in [0.05, 0.1) is 27.4 Å². The van der Waals surface area contributed by atoms with Gasteiger partial charge in [0.15, 0.2) is 17.3 Å². The van der Waals surface area contributed by atoms with Gasteiger partial charge in [-0.05, 0) is 79.7 Å². The van der Waals surface area contributed by atoms with Gasteiger partial charge in [-0.1, -0.05) is 12.1 Å². The second-order valence-electron chi connectivity index (χ2n) is 12.4. The highest BCUT2D eigenvalue weighted by Crippen LogP contribution is 2.39. The Morgan fingerprint density at radius 3 is 2.37 bits per heavy atom. The van der Waals surface area contributed by atoms with Gasteiger partial charge in [-0.2, -0.15) is 0 Å². The first-order chi connectivity index (χ1) is 24.7. The molecular weight excluding hydrogens is 708 g/mol. The van der Waals surface area contributed by atoms with Crippen molar-refractivity contribution in [1.82, 2.24) is 24.3 Å². The number of nitrogens with zero attached hydrogens (tertiary/aromatic N) is 5. The maximum absolute atomic E-state index is 15.5. The lowest BCUT2D eigenvalue weighted by molar-refractivity contribution is 0.0987. The Bertz CT molecular complexity index is 2260. The molecule has 0 amide bonds. The third-order valence-electron chi connectivity index (χ3n) is 8.77. The topological polar surface area (TPSA) is 89.8 Å². The number of rotatable bonds is 11. The summed E-state index contributed by atoms with van der Waals surface area (Å²) in [6.45, 7) is 7.04. The molecule has 5 heterocycles. The number of piperazine rings is 1. The highest BCUT2D eigenvalue weighted by molar-refractivity contribution is 7.22. The van der Waals surface area contributed by atoms with Gasteiger partial charge < -0.3 is 14.4 Å². The van der Waals surface area contributed by atoms with Crippen LogP contribution in [-0.4, -0.2) is 70.0 Å². The maximum Gasteiger partial charge on any atom is 0.269 e. The number of aromatic nitrogens is 3. The van der Waals surface area contributed by atoms with Crippen molar-refractivity contribution < 1.29 is 23.0 Å². The summed E-state index contributed by atoms with van der Waals surface area (Å²) < 4.78 is 42.6. The molecular formula is C39H36ClF2N5O4S. The van der Waals surface area contributed by atoms with Gasteiger partial charge in [0.25, 0.3) is 5.56 Å². The fourth-order valence-corrected chi connectivity index (χ4v) is 7.08. The quantitative estimate of drug-likeness (QED) is 0.126. The van der Waals surface area contributed by atoms with Crippen LogP contribution in [-0.2, 0) is 13.0 Å². The number of hydrogen-bond acceptors (Lipinski definition) is 9. The summed E-state index contributed by atoms with van der Waals surface area (Å²) in [5.74, 6) is -1.12. The van der Waals surface area contributed by atoms with Crippen molar-refractivity contribution in [2.45, 2.75) is 19.9 Å². The van der Waals surface area contributed by atoms with Crippen molar-refractivity contribution in [3.8, 4) is 33.5 Å². The molecule has 268 valence electrons. The molecule has 9 nitrogen and oxygen atoms in total. The molecule has 1 saturated heterocycles. The van der Waals surface area contributed by atoms with Crippen LogP contribution in [0.4, 0.5) is 8.78 Å². The number of thiophene rings is 1. The molecule has 6 aromatic rings. The minimum atomic E-state index is -0.665. The van der Waals surface area contributed by atoms with Gasteiger partial charge in [0, 0.05) is 69.5 Å².